The van der Waals surface area contributed by atoms with Crippen LogP contribution in [0.15, 0.2) is 62.7 Å². The molecule has 3 rings (SSSR count). The summed E-state index contributed by atoms with van der Waals surface area (Å²) in [5.41, 5.74) is 1.39. The van der Waals surface area contributed by atoms with Crippen LogP contribution >= 0.6 is 11.6 Å². The number of carbonyl (C=O) groups excluding carboxylic acids is 1. The maximum atomic E-state index is 13.2. The van der Waals surface area contributed by atoms with E-state index in [-0.39, 0.29) is 27.5 Å². The van der Waals surface area contributed by atoms with Crippen LogP contribution in [0.4, 0.5) is 0 Å². The van der Waals surface area contributed by atoms with E-state index in [4.69, 9.17) is 11.6 Å². The Morgan fingerprint density at radius 2 is 2.03 bits per heavy atom. The molecule has 0 aromatic heterocycles. The fourth-order valence-corrected chi connectivity index (χ4v) is 4.36. The van der Waals surface area contributed by atoms with Gasteiger partial charge in [-0.3, -0.25) is 9.69 Å². The Balaban J connectivity index is 1.80. The number of sulfone groups is 1. The van der Waals surface area contributed by atoms with Crippen molar-refractivity contribution in [1.82, 2.24) is 10.2 Å². The van der Waals surface area contributed by atoms with Crippen molar-refractivity contribution in [2.45, 2.75) is 44.6 Å². The molecule has 2 aliphatic rings. The molecule has 1 aliphatic heterocycles. The largest absolute Gasteiger partial charge is 0.361 e. The molecule has 9 heteroatoms. The zero-order valence-electron chi connectivity index (χ0n) is 17.8. The van der Waals surface area contributed by atoms with Crippen molar-refractivity contribution in [2.75, 3.05) is 12.3 Å². The molecule has 166 valence electrons. The topological polar surface area (TPSA) is 91.2 Å². The van der Waals surface area contributed by atoms with E-state index < -0.39 is 9.84 Å². The first-order chi connectivity index (χ1) is 14.7. The lowest BCUT2D eigenvalue weighted by molar-refractivity contribution is -0.121. The highest BCUT2D eigenvalue weighted by Gasteiger charge is 2.34. The number of carbonyl (C=O) groups is 1. The van der Waals surface area contributed by atoms with Crippen LogP contribution in [0.5, 0.6) is 0 Å². The Labute approximate surface area is 188 Å². The van der Waals surface area contributed by atoms with Crippen molar-refractivity contribution in [3.63, 3.8) is 0 Å². The van der Waals surface area contributed by atoms with Gasteiger partial charge in [-0.15, -0.1) is 0 Å². The van der Waals surface area contributed by atoms with Gasteiger partial charge in [0.15, 0.2) is 21.5 Å². The molecule has 0 unspecified atom stereocenters. The molecule has 0 radical (unpaired) electrons. The number of nitrogens with zero attached hydrogens (tertiary/aromatic N) is 3. The van der Waals surface area contributed by atoms with E-state index in [1.54, 1.807) is 42.2 Å². The number of halogens is 1. The summed E-state index contributed by atoms with van der Waals surface area (Å²) in [5.74, 6) is 0.857. The van der Waals surface area contributed by atoms with Crippen molar-refractivity contribution in [3.8, 4) is 0 Å². The summed E-state index contributed by atoms with van der Waals surface area (Å²) in [5, 5.41) is 3.19. The first kappa shape index (κ1) is 23.2. The van der Waals surface area contributed by atoms with Crippen LogP contribution in [0, 0.1) is 5.92 Å². The summed E-state index contributed by atoms with van der Waals surface area (Å²) in [4.78, 5) is 23.8. The minimum absolute atomic E-state index is 0.0530. The van der Waals surface area contributed by atoms with E-state index in [2.05, 4.69) is 21.9 Å². The molecule has 0 bridgehead atoms. The van der Waals surface area contributed by atoms with E-state index in [0.29, 0.717) is 30.5 Å². The summed E-state index contributed by atoms with van der Waals surface area (Å²) in [6.45, 7) is 7.95. The molecule has 0 atom stereocenters. The van der Waals surface area contributed by atoms with Gasteiger partial charge < -0.3 is 5.32 Å². The zero-order valence-corrected chi connectivity index (χ0v) is 19.3. The zero-order chi connectivity index (χ0) is 22.6. The molecule has 1 N–H and O–H groups in total. The number of nitrogens with one attached hydrogen (secondary N) is 1. The van der Waals surface area contributed by atoms with Gasteiger partial charge in [-0.25, -0.2) is 18.4 Å². The summed E-state index contributed by atoms with van der Waals surface area (Å²) in [6, 6.07) is 6.63. The van der Waals surface area contributed by atoms with Gasteiger partial charge in [0.1, 0.15) is 10.9 Å². The molecule has 1 aromatic carbocycles. The van der Waals surface area contributed by atoms with Crippen molar-refractivity contribution in [3.05, 3.63) is 53.3 Å². The first-order valence-corrected chi connectivity index (χ1v) is 12.3. The third-order valence-corrected chi connectivity index (χ3v) is 7.29. The van der Waals surface area contributed by atoms with Crippen LogP contribution in [-0.2, 0) is 21.2 Å². The number of amides is 1. The van der Waals surface area contributed by atoms with Crippen LogP contribution in [0.25, 0.3) is 0 Å². The van der Waals surface area contributed by atoms with Gasteiger partial charge in [0.25, 0.3) is 5.91 Å². The van der Waals surface area contributed by atoms with E-state index in [1.807, 2.05) is 6.92 Å². The van der Waals surface area contributed by atoms with Gasteiger partial charge in [-0.2, -0.15) is 0 Å². The molecule has 0 saturated heterocycles. The van der Waals surface area contributed by atoms with Gasteiger partial charge in [-0.1, -0.05) is 49.7 Å². The van der Waals surface area contributed by atoms with E-state index in [0.717, 1.165) is 18.4 Å². The maximum absolute atomic E-state index is 13.2. The van der Waals surface area contributed by atoms with Crippen LogP contribution < -0.4 is 5.32 Å². The highest BCUT2D eigenvalue weighted by Crippen LogP contribution is 2.29. The minimum Gasteiger partial charge on any atom is -0.361 e. The first-order valence-electron chi connectivity index (χ1n) is 10.3. The Morgan fingerprint density at radius 1 is 1.35 bits per heavy atom. The molecular weight excluding hydrogens is 436 g/mol. The second kappa shape index (κ2) is 9.78. The SMILES string of the molecule is C=C(Cl)/N=C1\C(=C/C)N=C(NCc2ccc(S(=O)(=O)CC)cc2)C(=O)N1CC1CCC1. The van der Waals surface area contributed by atoms with Crippen LogP contribution in [-0.4, -0.2) is 43.2 Å². The Hall–Kier alpha value is -2.45. The quantitative estimate of drug-likeness (QED) is 0.626. The number of rotatable bonds is 7. The summed E-state index contributed by atoms with van der Waals surface area (Å²) in [7, 11) is -3.25. The standard InChI is InChI=1S/C22H27ClN4O3S/c1-4-19-21(25-15(3)23)27(14-17-7-6-8-17)22(28)20(26-19)24-13-16-9-11-18(12-10-16)31(29,30)5-2/h4,9-12,17H,3,5-8,13-14H2,1-2H3,(H,24,26)/b19-4+,25-21+. The third-order valence-electron chi connectivity index (χ3n) is 5.45. The number of amidine groups is 2. The smallest absolute Gasteiger partial charge is 0.294 e. The molecule has 7 nitrogen and oxygen atoms in total. The second-order valence-electron chi connectivity index (χ2n) is 7.56. The number of allylic oxidation sites excluding steroid dienone is 1. The van der Waals surface area contributed by atoms with Gasteiger partial charge >= 0.3 is 0 Å². The number of benzene rings is 1. The molecule has 1 aliphatic carbocycles. The summed E-state index contributed by atoms with van der Waals surface area (Å²) >= 11 is 5.91. The lowest BCUT2D eigenvalue weighted by Gasteiger charge is -2.35. The van der Waals surface area contributed by atoms with Gasteiger partial charge in [0, 0.05) is 13.1 Å². The van der Waals surface area contributed by atoms with Crippen molar-refractivity contribution < 1.29 is 13.2 Å². The molecule has 1 amide bonds. The summed E-state index contributed by atoms with van der Waals surface area (Å²) < 4.78 is 23.9. The van der Waals surface area contributed by atoms with Crippen LogP contribution in [0.2, 0.25) is 0 Å². The average molecular weight is 463 g/mol. The molecule has 1 aromatic rings. The van der Waals surface area contributed by atoms with Crippen molar-refractivity contribution in [2.24, 2.45) is 15.9 Å². The lowest BCUT2D eigenvalue weighted by atomic mass is 9.85. The monoisotopic (exact) mass is 462 g/mol. The minimum atomic E-state index is -3.25. The molecular formula is C22H27ClN4O3S. The van der Waals surface area contributed by atoms with E-state index in [9.17, 15) is 13.2 Å². The molecule has 0 spiro atoms. The molecule has 31 heavy (non-hydrogen) atoms. The average Bonchev–Trinajstić information content (AvgIpc) is 2.71. The van der Waals surface area contributed by atoms with E-state index in [1.165, 1.54) is 6.42 Å². The third kappa shape index (κ3) is 5.43. The fourth-order valence-electron chi connectivity index (χ4n) is 3.39. The number of aliphatic imine (C=N–C) groups is 2. The second-order valence-corrected chi connectivity index (χ2v) is 10.3. The maximum Gasteiger partial charge on any atom is 0.294 e. The number of hydrogen-bond acceptors (Lipinski definition) is 6. The highest BCUT2D eigenvalue weighted by molar-refractivity contribution is 7.91. The highest BCUT2D eigenvalue weighted by atomic mass is 35.5. The Bertz CT molecular complexity index is 1050. The Morgan fingerprint density at radius 3 is 2.55 bits per heavy atom. The Kier molecular flexibility index (Phi) is 7.33. The fraction of sp³-hybridized carbons (Fsp3) is 0.409. The molecule has 1 fully saturated rings. The normalized spacial score (nSPS) is 20.0. The lowest BCUT2D eigenvalue weighted by Crippen LogP contribution is -2.52. The van der Waals surface area contributed by atoms with Gasteiger partial charge in [-0.05, 0) is 43.4 Å². The van der Waals surface area contributed by atoms with Gasteiger partial charge in [0.05, 0.1) is 10.6 Å². The molecule has 1 heterocycles. The predicted octanol–water partition coefficient (Wildman–Crippen LogP) is 3.62. The van der Waals surface area contributed by atoms with Crippen molar-refractivity contribution >= 4 is 39.0 Å². The van der Waals surface area contributed by atoms with Crippen LogP contribution in [0.3, 0.4) is 0 Å². The van der Waals surface area contributed by atoms with Gasteiger partial charge in [0.2, 0.25) is 0 Å². The van der Waals surface area contributed by atoms with E-state index >= 15 is 0 Å². The summed E-state index contributed by atoms with van der Waals surface area (Å²) in [6.07, 6.45) is 5.11. The van der Waals surface area contributed by atoms with Crippen molar-refractivity contribution in [1.29, 1.82) is 0 Å². The predicted molar refractivity (Wildman–Crippen MR) is 124 cm³/mol. The molecule has 1 saturated carbocycles. The van der Waals surface area contributed by atoms with Crippen LogP contribution in [0.1, 0.15) is 38.7 Å². The number of hydrogen-bond donors (Lipinski definition) is 1.